The Morgan fingerprint density at radius 3 is 2.41 bits per heavy atom. The Morgan fingerprint density at radius 1 is 0.966 bits per heavy atom. The van der Waals surface area contributed by atoms with Crippen molar-refractivity contribution in [2.75, 3.05) is 10.6 Å². The molecule has 5 N–H and O–H groups in total. The number of anilines is 2. The molecule has 2 aromatic carbocycles. The number of benzene rings is 2. The fourth-order valence-corrected chi connectivity index (χ4v) is 3.62. The van der Waals surface area contributed by atoms with Crippen LogP contribution in [0.5, 0.6) is 0 Å². The normalized spacial score (nSPS) is 26.0. The molecule has 0 radical (unpaired) electrons. The quantitative estimate of drug-likeness (QED) is 0.528. The Balaban J connectivity index is 1.47. The van der Waals surface area contributed by atoms with Crippen LogP contribution in [0.4, 0.5) is 15.8 Å². The summed E-state index contributed by atoms with van der Waals surface area (Å²) in [4.78, 5) is 37.7. The highest BCUT2D eigenvalue weighted by molar-refractivity contribution is 6.00. The second kappa shape index (κ2) is 7.88. The van der Waals surface area contributed by atoms with Crippen molar-refractivity contribution in [3.8, 4) is 0 Å². The van der Waals surface area contributed by atoms with Crippen molar-refractivity contribution in [1.29, 1.82) is 0 Å². The van der Waals surface area contributed by atoms with Gasteiger partial charge in [-0.25, -0.2) is 4.39 Å². The van der Waals surface area contributed by atoms with Gasteiger partial charge in [0.1, 0.15) is 5.82 Å². The van der Waals surface area contributed by atoms with Gasteiger partial charge in [-0.05, 0) is 36.4 Å². The van der Waals surface area contributed by atoms with E-state index in [9.17, 15) is 18.8 Å². The second-order valence-corrected chi connectivity index (χ2v) is 7.00. The topological polar surface area (TPSA) is 111 Å². The Morgan fingerprint density at radius 2 is 1.69 bits per heavy atom. The molecule has 2 aromatic rings. The molecule has 0 aliphatic carbocycles. The first-order valence-corrected chi connectivity index (χ1v) is 9.23. The zero-order valence-corrected chi connectivity index (χ0v) is 15.3. The predicted molar refractivity (Wildman–Crippen MR) is 104 cm³/mol. The first kappa shape index (κ1) is 18.9. The van der Waals surface area contributed by atoms with E-state index < -0.39 is 24.3 Å². The maximum absolute atomic E-state index is 13.1. The van der Waals surface area contributed by atoms with Crippen molar-refractivity contribution in [2.24, 2.45) is 11.8 Å². The first-order chi connectivity index (χ1) is 14.0. The van der Waals surface area contributed by atoms with E-state index >= 15 is 0 Å². The zero-order valence-electron chi connectivity index (χ0n) is 15.3. The van der Waals surface area contributed by atoms with Gasteiger partial charge in [0.25, 0.3) is 0 Å². The van der Waals surface area contributed by atoms with E-state index in [0.717, 1.165) is 0 Å². The summed E-state index contributed by atoms with van der Waals surface area (Å²) < 4.78 is 13.1. The standard InChI is InChI=1S/C20H20FN5O3/c21-11-6-8-13(9-7-11)23-20-25-17-16(19(29)26-20)14(10-15(27)24-17)18(28)22-12-4-2-1-3-5-12/h1-9,14,16-17,20,23,25H,10H2,(H,22,28)(H,24,27)(H,26,29). The highest BCUT2D eigenvalue weighted by atomic mass is 19.1. The number of halogens is 1. The minimum Gasteiger partial charge on any atom is -0.353 e. The number of carbonyl (C=O) groups excluding carboxylic acids is 3. The molecule has 4 rings (SSSR count). The minimum absolute atomic E-state index is 0.0784. The van der Waals surface area contributed by atoms with Crippen LogP contribution in [0.25, 0.3) is 0 Å². The van der Waals surface area contributed by atoms with E-state index in [1.165, 1.54) is 24.3 Å². The van der Waals surface area contributed by atoms with Crippen LogP contribution >= 0.6 is 0 Å². The molecule has 0 bridgehead atoms. The van der Waals surface area contributed by atoms with Gasteiger partial charge in [0, 0.05) is 17.8 Å². The monoisotopic (exact) mass is 397 g/mol. The Bertz CT molecular complexity index is 921. The van der Waals surface area contributed by atoms with Crippen molar-refractivity contribution in [2.45, 2.75) is 18.9 Å². The molecule has 2 heterocycles. The molecule has 4 unspecified atom stereocenters. The molecule has 3 amide bonds. The summed E-state index contributed by atoms with van der Waals surface area (Å²) in [5.41, 5.74) is 1.18. The van der Waals surface area contributed by atoms with E-state index in [0.29, 0.717) is 11.4 Å². The van der Waals surface area contributed by atoms with Crippen LogP contribution in [-0.4, -0.2) is 30.2 Å². The highest BCUT2D eigenvalue weighted by Gasteiger charge is 2.48. The molecule has 0 spiro atoms. The van der Waals surface area contributed by atoms with E-state index in [4.69, 9.17) is 0 Å². The average molecular weight is 397 g/mol. The van der Waals surface area contributed by atoms with Gasteiger partial charge in [-0.1, -0.05) is 18.2 Å². The minimum atomic E-state index is -0.812. The lowest BCUT2D eigenvalue weighted by atomic mass is 9.81. The molecule has 8 nitrogen and oxygen atoms in total. The number of rotatable bonds is 4. The number of fused-ring (bicyclic) bond motifs is 1. The molecular formula is C20H20FN5O3. The van der Waals surface area contributed by atoms with E-state index in [2.05, 4.69) is 26.6 Å². The summed E-state index contributed by atoms with van der Waals surface area (Å²) in [6, 6.07) is 14.5. The maximum Gasteiger partial charge on any atom is 0.229 e. The van der Waals surface area contributed by atoms with E-state index in [-0.39, 0.29) is 30.0 Å². The Hall–Kier alpha value is -3.46. The van der Waals surface area contributed by atoms with Crippen LogP contribution in [0, 0.1) is 17.7 Å². The molecule has 2 aliphatic rings. The summed E-state index contributed by atoms with van der Waals surface area (Å²) in [7, 11) is 0. The van der Waals surface area contributed by atoms with Crippen molar-refractivity contribution in [3.05, 3.63) is 60.4 Å². The van der Waals surface area contributed by atoms with Gasteiger partial charge in [-0.15, -0.1) is 0 Å². The number of para-hydroxylation sites is 1. The lowest BCUT2D eigenvalue weighted by Gasteiger charge is -2.43. The number of piperidine rings is 1. The van der Waals surface area contributed by atoms with Crippen molar-refractivity contribution in [3.63, 3.8) is 0 Å². The van der Waals surface area contributed by atoms with Crippen molar-refractivity contribution < 1.29 is 18.8 Å². The summed E-state index contributed by atoms with van der Waals surface area (Å²) in [6.45, 7) is 0. The van der Waals surface area contributed by atoms with Crippen LogP contribution in [-0.2, 0) is 14.4 Å². The lowest BCUT2D eigenvalue weighted by molar-refractivity contribution is -0.144. The molecule has 0 saturated carbocycles. The molecule has 29 heavy (non-hydrogen) atoms. The summed E-state index contributed by atoms with van der Waals surface area (Å²) in [5.74, 6) is -3.01. The van der Waals surface area contributed by atoms with Gasteiger partial charge in [-0.3, -0.25) is 19.7 Å². The fourth-order valence-electron chi connectivity index (χ4n) is 3.62. The third kappa shape index (κ3) is 4.19. The number of hydrogen-bond donors (Lipinski definition) is 5. The molecular weight excluding hydrogens is 377 g/mol. The van der Waals surface area contributed by atoms with Crippen LogP contribution in [0.2, 0.25) is 0 Å². The van der Waals surface area contributed by atoms with Gasteiger partial charge < -0.3 is 21.3 Å². The predicted octanol–water partition coefficient (Wildman–Crippen LogP) is 0.958. The smallest absolute Gasteiger partial charge is 0.229 e. The SMILES string of the molecule is O=C1CC(C(=O)Nc2ccccc2)C2C(=O)NC(Nc3ccc(F)cc3)NC2N1. The van der Waals surface area contributed by atoms with Gasteiger partial charge in [-0.2, -0.15) is 0 Å². The van der Waals surface area contributed by atoms with Crippen LogP contribution in [0.1, 0.15) is 6.42 Å². The second-order valence-electron chi connectivity index (χ2n) is 7.00. The first-order valence-electron chi connectivity index (χ1n) is 9.23. The largest absolute Gasteiger partial charge is 0.353 e. The molecule has 2 fully saturated rings. The molecule has 2 aliphatic heterocycles. The Labute approximate surface area is 166 Å². The summed E-state index contributed by atoms with van der Waals surface area (Å²) in [5, 5.41) is 14.3. The lowest BCUT2D eigenvalue weighted by Crippen LogP contribution is -2.72. The molecule has 9 heteroatoms. The van der Waals surface area contributed by atoms with E-state index in [1.54, 1.807) is 24.3 Å². The van der Waals surface area contributed by atoms with Crippen LogP contribution in [0.3, 0.4) is 0 Å². The number of carbonyl (C=O) groups is 3. The van der Waals surface area contributed by atoms with Gasteiger partial charge in [0.05, 0.1) is 18.0 Å². The summed E-state index contributed by atoms with van der Waals surface area (Å²) in [6.07, 6.45) is -1.48. The third-order valence-corrected chi connectivity index (χ3v) is 4.98. The number of amides is 3. The Kier molecular flexibility index (Phi) is 5.13. The van der Waals surface area contributed by atoms with Crippen LogP contribution in [0.15, 0.2) is 54.6 Å². The number of hydrogen-bond acceptors (Lipinski definition) is 5. The van der Waals surface area contributed by atoms with Crippen molar-refractivity contribution in [1.82, 2.24) is 16.0 Å². The molecule has 0 aromatic heterocycles. The maximum atomic E-state index is 13.1. The van der Waals surface area contributed by atoms with Crippen LogP contribution < -0.4 is 26.6 Å². The van der Waals surface area contributed by atoms with E-state index in [1.807, 2.05) is 6.07 Å². The highest BCUT2D eigenvalue weighted by Crippen LogP contribution is 2.28. The average Bonchev–Trinajstić information content (AvgIpc) is 2.69. The third-order valence-electron chi connectivity index (χ3n) is 4.98. The molecule has 2 saturated heterocycles. The van der Waals surface area contributed by atoms with Gasteiger partial charge >= 0.3 is 0 Å². The van der Waals surface area contributed by atoms with Crippen molar-refractivity contribution >= 4 is 29.1 Å². The number of nitrogens with one attached hydrogen (secondary N) is 5. The summed E-state index contributed by atoms with van der Waals surface area (Å²) >= 11 is 0. The molecule has 150 valence electrons. The van der Waals surface area contributed by atoms with Gasteiger partial charge in [0.2, 0.25) is 17.7 Å². The fraction of sp³-hybridized carbons (Fsp3) is 0.250. The van der Waals surface area contributed by atoms with Gasteiger partial charge in [0.15, 0.2) is 6.29 Å². The molecule has 4 atom stereocenters. The zero-order chi connectivity index (χ0) is 20.4.